The number of carbonyl (C=O) groups is 1. The van der Waals surface area contributed by atoms with E-state index in [1.165, 1.54) is 20.5 Å². The molecule has 0 aromatic heterocycles. The first-order chi connectivity index (χ1) is 16.4. The van der Waals surface area contributed by atoms with E-state index in [4.69, 9.17) is 14.3 Å². The summed E-state index contributed by atoms with van der Waals surface area (Å²) < 4.78 is 89.1. The van der Waals surface area contributed by atoms with Gasteiger partial charge in [-0.05, 0) is 30.0 Å². The summed E-state index contributed by atoms with van der Waals surface area (Å²) in [5.74, 6) is -0.702. The van der Waals surface area contributed by atoms with Gasteiger partial charge in [0.05, 0.1) is 37.3 Å². The monoisotopic (exact) mass is 521 g/mol. The molecule has 5 nitrogen and oxygen atoms in total. The molecule has 0 spiro atoms. The Balaban J connectivity index is 2.44. The third kappa shape index (κ3) is 7.67. The van der Waals surface area contributed by atoms with Gasteiger partial charge in [-0.25, -0.2) is 4.79 Å². The highest BCUT2D eigenvalue weighted by molar-refractivity contribution is 7.99. The maximum Gasteiger partial charge on any atom is 0.416 e. The number of carbonyl (C=O) groups excluding carboxylic acids is 1. The first-order valence-corrected chi connectivity index (χ1v) is 11.2. The second-order valence-corrected chi connectivity index (χ2v) is 7.82. The molecule has 0 unspecified atom stereocenters. The third-order valence-corrected chi connectivity index (χ3v) is 5.11. The Morgan fingerprint density at radius 1 is 1.00 bits per heavy atom. The molecule has 0 bridgehead atoms. The smallest absolute Gasteiger partial charge is 0.416 e. The number of esters is 1. The second-order valence-electron chi connectivity index (χ2n) is 6.95. The molecule has 2 rings (SSSR count). The number of nitrogens with zero attached hydrogens (tertiary/aromatic N) is 1. The van der Waals surface area contributed by atoms with E-state index in [1.54, 1.807) is 30.5 Å². The summed E-state index contributed by atoms with van der Waals surface area (Å²) in [6.45, 7) is -0.239. The highest BCUT2D eigenvalue weighted by Crippen LogP contribution is 2.36. The lowest BCUT2D eigenvalue weighted by atomic mass is 10.0. The molecule has 2 aromatic carbocycles. The SMILES string of the molecule is COC=C(C(=O)OC)c1ccccc1CON=C(CSC)c1cc(C(F)(F)F)cc(C(F)(F)F)c1. The normalized spacial score (nSPS) is 12.9. The van der Waals surface area contributed by atoms with Crippen LogP contribution < -0.4 is 0 Å². The Morgan fingerprint density at radius 3 is 2.11 bits per heavy atom. The average molecular weight is 521 g/mol. The maximum absolute atomic E-state index is 13.2. The molecule has 0 fully saturated rings. The van der Waals surface area contributed by atoms with Crippen LogP contribution in [0.1, 0.15) is 27.8 Å². The summed E-state index contributed by atoms with van der Waals surface area (Å²) >= 11 is 1.14. The maximum atomic E-state index is 13.2. The summed E-state index contributed by atoms with van der Waals surface area (Å²) in [6, 6.07) is 7.74. The van der Waals surface area contributed by atoms with Crippen LogP contribution in [0, 0.1) is 0 Å². The molecule has 2 aromatic rings. The minimum absolute atomic E-state index is 0.0166. The number of benzene rings is 2. The van der Waals surface area contributed by atoms with E-state index < -0.39 is 29.4 Å². The Kier molecular flexibility index (Phi) is 9.64. The summed E-state index contributed by atoms with van der Waals surface area (Å²) in [6.07, 6.45) is -7.19. The van der Waals surface area contributed by atoms with Crippen LogP contribution in [0.2, 0.25) is 0 Å². The standard InChI is InChI=1S/C23H21F6NO4S/c1-32-12-19(21(31)33-2)18-7-5-4-6-14(18)11-34-30-20(13-35-3)15-8-16(22(24,25)26)10-17(9-15)23(27,28)29/h4-10,12H,11,13H2,1-3H3. The van der Waals surface area contributed by atoms with Gasteiger partial charge in [0.25, 0.3) is 0 Å². The van der Waals surface area contributed by atoms with Crippen molar-refractivity contribution in [2.75, 3.05) is 26.2 Å². The van der Waals surface area contributed by atoms with Crippen LogP contribution in [0.25, 0.3) is 5.57 Å². The van der Waals surface area contributed by atoms with Crippen molar-refractivity contribution < 1.29 is 45.4 Å². The summed E-state index contributed by atoms with van der Waals surface area (Å²) in [7, 11) is 2.53. The molecule has 0 saturated heterocycles. The molecule has 0 aliphatic carbocycles. The molecule has 0 aliphatic heterocycles. The van der Waals surface area contributed by atoms with Crippen LogP contribution in [0.4, 0.5) is 26.3 Å². The van der Waals surface area contributed by atoms with E-state index in [0.29, 0.717) is 23.3 Å². The number of alkyl halides is 6. The molecule has 190 valence electrons. The van der Waals surface area contributed by atoms with Crippen molar-refractivity contribution in [3.8, 4) is 0 Å². The number of hydrogen-bond acceptors (Lipinski definition) is 6. The van der Waals surface area contributed by atoms with Gasteiger partial charge in [-0.3, -0.25) is 0 Å². The van der Waals surface area contributed by atoms with Crippen LogP contribution >= 0.6 is 11.8 Å². The predicted molar refractivity (Wildman–Crippen MR) is 120 cm³/mol. The largest absolute Gasteiger partial charge is 0.503 e. The molecular weight excluding hydrogens is 500 g/mol. The van der Waals surface area contributed by atoms with Gasteiger partial charge in [0, 0.05) is 16.9 Å². The molecule has 0 aliphatic rings. The Hall–Kier alpha value is -3.15. The van der Waals surface area contributed by atoms with Crippen molar-refractivity contribution in [2.45, 2.75) is 19.0 Å². The highest BCUT2D eigenvalue weighted by Gasteiger charge is 2.37. The first kappa shape index (κ1) is 28.1. The van der Waals surface area contributed by atoms with Crippen molar-refractivity contribution in [3.63, 3.8) is 0 Å². The van der Waals surface area contributed by atoms with Crippen molar-refractivity contribution in [1.82, 2.24) is 0 Å². The molecule has 35 heavy (non-hydrogen) atoms. The lowest BCUT2D eigenvalue weighted by Crippen LogP contribution is -2.15. The number of thioether (sulfide) groups is 1. The number of ether oxygens (including phenoxy) is 2. The summed E-state index contributed by atoms with van der Waals surface area (Å²) in [4.78, 5) is 17.4. The van der Waals surface area contributed by atoms with Gasteiger partial charge in [0.2, 0.25) is 0 Å². The van der Waals surface area contributed by atoms with E-state index in [9.17, 15) is 31.1 Å². The number of rotatable bonds is 9. The fourth-order valence-electron chi connectivity index (χ4n) is 2.96. The number of oxime groups is 1. The Labute approximate surface area is 201 Å². The first-order valence-electron chi connectivity index (χ1n) is 9.79. The molecular formula is C23H21F6NO4S. The number of hydrogen-bond donors (Lipinski definition) is 0. The van der Waals surface area contributed by atoms with Gasteiger partial charge >= 0.3 is 18.3 Å². The molecule has 0 heterocycles. The van der Waals surface area contributed by atoms with E-state index in [2.05, 4.69) is 5.16 Å². The zero-order valence-electron chi connectivity index (χ0n) is 18.8. The van der Waals surface area contributed by atoms with Crippen LogP contribution in [-0.4, -0.2) is 37.9 Å². The predicted octanol–water partition coefficient (Wildman–Crippen LogP) is 6.17. The van der Waals surface area contributed by atoms with E-state index in [1.807, 2.05) is 0 Å². The van der Waals surface area contributed by atoms with Gasteiger partial charge in [-0.15, -0.1) is 0 Å². The minimum atomic E-state index is -4.99. The van der Waals surface area contributed by atoms with Gasteiger partial charge < -0.3 is 14.3 Å². The Bertz CT molecular complexity index is 1060. The van der Waals surface area contributed by atoms with Gasteiger partial charge in [-0.2, -0.15) is 38.1 Å². The van der Waals surface area contributed by atoms with Crippen molar-refractivity contribution in [1.29, 1.82) is 0 Å². The summed E-state index contributed by atoms with van der Waals surface area (Å²) in [5, 5.41) is 3.83. The fourth-order valence-corrected chi connectivity index (χ4v) is 3.45. The highest BCUT2D eigenvalue weighted by atomic mass is 32.2. The summed E-state index contributed by atoms with van der Waals surface area (Å²) in [5.41, 5.74) is -2.47. The fraction of sp³-hybridized carbons (Fsp3) is 0.304. The zero-order chi connectivity index (χ0) is 26.2. The van der Waals surface area contributed by atoms with Gasteiger partial charge in [-0.1, -0.05) is 29.4 Å². The van der Waals surface area contributed by atoms with Crippen LogP contribution in [0.3, 0.4) is 0 Å². The zero-order valence-corrected chi connectivity index (χ0v) is 19.6. The van der Waals surface area contributed by atoms with E-state index in [0.717, 1.165) is 11.8 Å². The van der Waals surface area contributed by atoms with Crippen molar-refractivity contribution in [3.05, 3.63) is 76.5 Å². The molecule has 12 heteroatoms. The average Bonchev–Trinajstić information content (AvgIpc) is 2.80. The van der Waals surface area contributed by atoms with Gasteiger partial charge in [0.1, 0.15) is 12.2 Å². The second kappa shape index (κ2) is 12.0. The molecule has 0 radical (unpaired) electrons. The van der Waals surface area contributed by atoms with Crippen LogP contribution in [0.5, 0.6) is 0 Å². The molecule has 0 saturated carbocycles. The lowest BCUT2D eigenvalue weighted by Gasteiger charge is -2.15. The van der Waals surface area contributed by atoms with E-state index in [-0.39, 0.29) is 35.3 Å². The minimum Gasteiger partial charge on any atom is -0.503 e. The number of methoxy groups -OCH3 is 2. The van der Waals surface area contributed by atoms with Gasteiger partial charge in [0.15, 0.2) is 0 Å². The quantitative estimate of drug-likeness (QED) is 0.0987. The topological polar surface area (TPSA) is 57.1 Å². The number of halogens is 6. The van der Waals surface area contributed by atoms with Crippen LogP contribution in [-0.2, 0) is 38.1 Å². The van der Waals surface area contributed by atoms with E-state index >= 15 is 0 Å². The third-order valence-electron chi connectivity index (χ3n) is 4.55. The van der Waals surface area contributed by atoms with Crippen molar-refractivity contribution >= 4 is 29.0 Å². The lowest BCUT2D eigenvalue weighted by molar-refractivity contribution is -0.143. The van der Waals surface area contributed by atoms with Crippen LogP contribution in [0.15, 0.2) is 53.9 Å². The Morgan fingerprint density at radius 2 is 1.60 bits per heavy atom. The molecule has 0 atom stereocenters. The molecule has 0 amide bonds. The molecule has 0 N–H and O–H groups in total. The van der Waals surface area contributed by atoms with Crippen molar-refractivity contribution in [2.24, 2.45) is 5.16 Å².